The monoisotopic (exact) mass is 446 g/mol. The first-order chi connectivity index (χ1) is 15.1. The molecular formula is C23H34N4O3S. The third-order valence-electron chi connectivity index (χ3n) is 4.92. The molecule has 0 spiro atoms. The first-order valence-corrected chi connectivity index (χ1v) is 11.8. The lowest BCUT2D eigenvalue weighted by atomic mass is 10.1. The summed E-state index contributed by atoms with van der Waals surface area (Å²) in [5, 5.41) is 8.37. The van der Waals surface area contributed by atoms with Crippen molar-refractivity contribution in [3.63, 3.8) is 0 Å². The maximum Gasteiger partial charge on any atom is 0.322 e. The number of rotatable bonds is 13. The topological polar surface area (TPSA) is 83.6 Å². The van der Waals surface area contributed by atoms with Crippen molar-refractivity contribution in [2.45, 2.75) is 52.5 Å². The maximum atomic E-state index is 12.9. The van der Waals surface area contributed by atoms with Crippen LogP contribution in [0, 0.1) is 0 Å². The SMILES string of the molecule is CCCCCCNC(=O)c1csc(CN(CCOC)C(=O)Nc2ccccc2CC)n1. The predicted molar refractivity (Wildman–Crippen MR) is 126 cm³/mol. The van der Waals surface area contributed by atoms with Crippen molar-refractivity contribution in [3.8, 4) is 0 Å². The molecule has 0 saturated carbocycles. The summed E-state index contributed by atoms with van der Waals surface area (Å²) in [7, 11) is 1.61. The van der Waals surface area contributed by atoms with Crippen LogP contribution >= 0.6 is 11.3 Å². The second kappa shape index (κ2) is 13.8. The zero-order valence-corrected chi connectivity index (χ0v) is 19.6. The van der Waals surface area contributed by atoms with E-state index in [2.05, 4.69) is 29.5 Å². The van der Waals surface area contributed by atoms with Gasteiger partial charge >= 0.3 is 6.03 Å². The number of aromatic nitrogens is 1. The van der Waals surface area contributed by atoms with E-state index in [-0.39, 0.29) is 11.9 Å². The Morgan fingerprint density at radius 3 is 2.71 bits per heavy atom. The number of hydrogen-bond acceptors (Lipinski definition) is 5. The summed E-state index contributed by atoms with van der Waals surface area (Å²) >= 11 is 1.38. The Labute approximate surface area is 189 Å². The van der Waals surface area contributed by atoms with Crippen molar-refractivity contribution in [2.75, 3.05) is 32.1 Å². The first-order valence-electron chi connectivity index (χ1n) is 10.9. The van der Waals surface area contributed by atoms with Gasteiger partial charge in [0.1, 0.15) is 10.7 Å². The zero-order valence-electron chi connectivity index (χ0n) is 18.8. The molecule has 0 fully saturated rings. The van der Waals surface area contributed by atoms with E-state index in [0.29, 0.717) is 36.9 Å². The van der Waals surface area contributed by atoms with E-state index in [1.54, 1.807) is 17.4 Å². The molecular weight excluding hydrogens is 412 g/mol. The van der Waals surface area contributed by atoms with E-state index in [0.717, 1.165) is 30.5 Å². The largest absolute Gasteiger partial charge is 0.383 e. The Morgan fingerprint density at radius 2 is 1.97 bits per heavy atom. The molecule has 31 heavy (non-hydrogen) atoms. The fourth-order valence-corrected chi connectivity index (χ4v) is 3.88. The highest BCUT2D eigenvalue weighted by Gasteiger charge is 2.18. The van der Waals surface area contributed by atoms with E-state index in [9.17, 15) is 9.59 Å². The number of nitrogens with one attached hydrogen (secondary N) is 2. The molecule has 1 aromatic heterocycles. The van der Waals surface area contributed by atoms with Gasteiger partial charge in [0.15, 0.2) is 0 Å². The van der Waals surface area contributed by atoms with Crippen LogP contribution in [0.4, 0.5) is 10.5 Å². The van der Waals surface area contributed by atoms with Crippen molar-refractivity contribution in [2.24, 2.45) is 0 Å². The number of nitrogens with zero attached hydrogens (tertiary/aromatic N) is 2. The highest BCUT2D eigenvalue weighted by molar-refractivity contribution is 7.09. The second-order valence-corrected chi connectivity index (χ2v) is 8.24. The standard InChI is InChI=1S/C23H34N4O3S/c1-4-6-7-10-13-24-22(28)20-17-31-21(25-20)16-27(14-15-30-3)23(29)26-19-12-9-8-11-18(19)5-2/h8-9,11-12,17H,4-7,10,13-16H2,1-3H3,(H,24,28)(H,26,29). The minimum absolute atomic E-state index is 0.163. The number of carbonyl (C=O) groups excluding carboxylic acids is 2. The van der Waals surface area contributed by atoms with Crippen molar-refractivity contribution in [1.82, 2.24) is 15.2 Å². The molecule has 0 aliphatic heterocycles. The van der Waals surface area contributed by atoms with Gasteiger partial charge in [-0.1, -0.05) is 51.3 Å². The predicted octanol–water partition coefficient (Wildman–Crippen LogP) is 4.70. The smallest absolute Gasteiger partial charge is 0.322 e. The number of anilines is 1. The number of urea groups is 1. The van der Waals surface area contributed by atoms with Gasteiger partial charge in [0.05, 0.1) is 13.2 Å². The molecule has 0 aliphatic carbocycles. The molecule has 2 N–H and O–H groups in total. The minimum Gasteiger partial charge on any atom is -0.383 e. The Balaban J connectivity index is 1.97. The van der Waals surface area contributed by atoms with E-state index < -0.39 is 0 Å². The molecule has 8 heteroatoms. The van der Waals surface area contributed by atoms with Crippen LogP contribution in [0.5, 0.6) is 0 Å². The minimum atomic E-state index is -0.213. The van der Waals surface area contributed by atoms with Gasteiger partial charge in [-0.2, -0.15) is 0 Å². The van der Waals surface area contributed by atoms with E-state index in [1.165, 1.54) is 24.2 Å². The van der Waals surface area contributed by atoms with E-state index >= 15 is 0 Å². The molecule has 2 rings (SSSR count). The summed E-state index contributed by atoms with van der Waals surface area (Å²) < 4.78 is 5.17. The molecule has 7 nitrogen and oxygen atoms in total. The van der Waals surface area contributed by atoms with Gasteiger partial charge < -0.3 is 20.3 Å². The van der Waals surface area contributed by atoms with Crippen LogP contribution in [-0.2, 0) is 17.7 Å². The highest BCUT2D eigenvalue weighted by Crippen LogP contribution is 2.18. The average Bonchev–Trinajstić information content (AvgIpc) is 3.25. The average molecular weight is 447 g/mol. The van der Waals surface area contributed by atoms with Gasteiger partial charge in [-0.15, -0.1) is 11.3 Å². The molecule has 1 heterocycles. The number of para-hydroxylation sites is 1. The van der Waals surface area contributed by atoms with Crippen LogP contribution in [0.15, 0.2) is 29.6 Å². The quantitative estimate of drug-likeness (QED) is 0.437. The van der Waals surface area contributed by atoms with Gasteiger partial charge in [0, 0.05) is 31.3 Å². The van der Waals surface area contributed by atoms with Crippen LogP contribution < -0.4 is 10.6 Å². The first kappa shape index (κ1) is 24.8. The molecule has 0 unspecified atom stereocenters. The van der Waals surface area contributed by atoms with Crippen LogP contribution in [0.1, 0.15) is 60.6 Å². The lowest BCUT2D eigenvalue weighted by Gasteiger charge is -2.22. The van der Waals surface area contributed by atoms with Crippen molar-refractivity contribution in [3.05, 3.63) is 45.9 Å². The van der Waals surface area contributed by atoms with Crippen LogP contribution in [0.3, 0.4) is 0 Å². The number of methoxy groups -OCH3 is 1. The molecule has 170 valence electrons. The number of hydrogen-bond donors (Lipinski definition) is 2. The molecule has 1 aromatic carbocycles. The fraction of sp³-hybridized carbons (Fsp3) is 0.522. The zero-order chi connectivity index (χ0) is 22.5. The highest BCUT2D eigenvalue weighted by atomic mass is 32.1. The summed E-state index contributed by atoms with van der Waals surface area (Å²) in [6.45, 7) is 6.03. The summed E-state index contributed by atoms with van der Waals surface area (Å²) in [4.78, 5) is 31.3. The van der Waals surface area contributed by atoms with Crippen molar-refractivity contribution >= 4 is 29.0 Å². The molecule has 0 aliphatic rings. The van der Waals surface area contributed by atoms with Crippen molar-refractivity contribution < 1.29 is 14.3 Å². The summed E-state index contributed by atoms with van der Waals surface area (Å²) in [6.07, 6.45) is 5.27. The Hall–Kier alpha value is -2.45. The number of benzene rings is 1. The lowest BCUT2D eigenvalue weighted by Crippen LogP contribution is -2.37. The van der Waals surface area contributed by atoms with Crippen molar-refractivity contribution in [1.29, 1.82) is 0 Å². The van der Waals surface area contributed by atoms with E-state index in [4.69, 9.17) is 4.74 Å². The van der Waals surface area contributed by atoms with Crippen LogP contribution in [0.25, 0.3) is 0 Å². The van der Waals surface area contributed by atoms with Gasteiger partial charge in [-0.05, 0) is 24.5 Å². The molecule has 0 saturated heterocycles. The summed E-state index contributed by atoms with van der Waals surface area (Å²) in [6, 6.07) is 7.56. The second-order valence-electron chi connectivity index (χ2n) is 7.30. The van der Waals surface area contributed by atoms with Gasteiger partial charge in [0.2, 0.25) is 0 Å². The molecule has 2 aromatic rings. The Kier molecular flexibility index (Phi) is 11.0. The third-order valence-corrected chi connectivity index (χ3v) is 5.75. The van der Waals surface area contributed by atoms with E-state index in [1.807, 2.05) is 24.3 Å². The number of aryl methyl sites for hydroxylation is 1. The number of carbonyl (C=O) groups is 2. The molecule has 0 atom stereocenters. The maximum absolute atomic E-state index is 12.9. The molecule has 0 radical (unpaired) electrons. The van der Waals surface area contributed by atoms with Crippen LogP contribution in [0.2, 0.25) is 0 Å². The number of ether oxygens (including phenoxy) is 1. The third kappa shape index (κ3) is 8.30. The molecule has 0 bridgehead atoms. The molecule has 3 amide bonds. The number of amides is 3. The Bertz CT molecular complexity index is 825. The van der Waals surface area contributed by atoms with Crippen LogP contribution in [-0.4, -0.2) is 48.6 Å². The summed E-state index contributed by atoms with van der Waals surface area (Å²) in [5.41, 5.74) is 2.29. The number of unbranched alkanes of at least 4 members (excludes halogenated alkanes) is 3. The Morgan fingerprint density at radius 1 is 1.16 bits per heavy atom. The van der Waals surface area contributed by atoms with Gasteiger partial charge in [0.25, 0.3) is 5.91 Å². The van der Waals surface area contributed by atoms with Gasteiger partial charge in [-0.3, -0.25) is 4.79 Å². The lowest BCUT2D eigenvalue weighted by molar-refractivity contribution is 0.0948. The number of thiazole rings is 1. The normalized spacial score (nSPS) is 10.7. The van der Waals surface area contributed by atoms with Gasteiger partial charge in [-0.25, -0.2) is 9.78 Å². The summed E-state index contributed by atoms with van der Waals surface area (Å²) in [5.74, 6) is -0.163. The fourth-order valence-electron chi connectivity index (χ4n) is 3.09.